The Morgan fingerprint density at radius 3 is 2.44 bits per heavy atom. The van der Waals surface area contributed by atoms with Gasteiger partial charge in [0.2, 0.25) is 0 Å². The van der Waals surface area contributed by atoms with Gasteiger partial charge in [-0.1, -0.05) is 24.3 Å². The molecule has 2 aromatic rings. The molecule has 0 saturated carbocycles. The third-order valence-corrected chi connectivity index (χ3v) is 4.93. The minimum atomic E-state index is -0.0174. The van der Waals surface area contributed by atoms with Crippen LogP contribution in [0.25, 0.3) is 0 Å². The van der Waals surface area contributed by atoms with Crippen LogP contribution in [0.5, 0.6) is 0 Å². The monoisotopic (exact) mass is 295 g/mol. The van der Waals surface area contributed by atoms with Crippen LogP contribution in [0.15, 0.2) is 34.1 Å². The lowest BCUT2D eigenvalue weighted by atomic mass is 10.0. The number of hydrogen-bond donors (Lipinski definition) is 1. The Kier molecular flexibility index (Phi) is 3.47. The number of hydrogen-bond acceptors (Lipinski definition) is 2. The molecule has 0 radical (unpaired) electrons. The molecule has 1 unspecified atom stereocenters. The molecule has 1 aromatic heterocycles. The molecular weight excluding hydrogens is 282 g/mol. The van der Waals surface area contributed by atoms with Gasteiger partial charge in [-0.05, 0) is 52.5 Å². The van der Waals surface area contributed by atoms with Crippen LogP contribution in [0.2, 0.25) is 0 Å². The molecular formula is C13H14BrNS. The number of halogens is 1. The Labute approximate surface area is 108 Å². The van der Waals surface area contributed by atoms with Gasteiger partial charge in [-0.15, -0.1) is 11.3 Å². The highest BCUT2D eigenvalue weighted by atomic mass is 79.9. The maximum absolute atomic E-state index is 6.29. The summed E-state index contributed by atoms with van der Waals surface area (Å²) < 4.78 is 1.17. The first-order valence-electron chi connectivity index (χ1n) is 5.16. The maximum atomic E-state index is 6.29. The van der Waals surface area contributed by atoms with Crippen molar-refractivity contribution in [2.75, 3.05) is 0 Å². The number of nitrogens with two attached hydrogens (primary N) is 1. The molecule has 0 fully saturated rings. The van der Waals surface area contributed by atoms with E-state index in [0.29, 0.717) is 0 Å². The van der Waals surface area contributed by atoms with Crippen LogP contribution in [-0.4, -0.2) is 0 Å². The van der Waals surface area contributed by atoms with E-state index in [-0.39, 0.29) is 6.04 Å². The molecule has 84 valence electrons. The fraction of sp³-hybridized carbons (Fsp3) is 0.231. The van der Waals surface area contributed by atoms with E-state index in [1.165, 1.54) is 25.4 Å². The molecule has 1 atom stereocenters. The summed E-state index contributed by atoms with van der Waals surface area (Å²) in [6.45, 7) is 4.19. The van der Waals surface area contributed by atoms with Crippen molar-refractivity contribution in [3.05, 3.63) is 55.7 Å². The predicted molar refractivity (Wildman–Crippen MR) is 74.0 cm³/mol. The molecule has 2 N–H and O–H groups in total. The standard InChI is InChI=1S/C13H14BrNS/c1-8-5-3-4-6-10(8)12(15)11-7-9(2)13(14)16-11/h3-7,12H,15H2,1-2H3. The van der Waals surface area contributed by atoms with Crippen molar-refractivity contribution in [1.29, 1.82) is 0 Å². The van der Waals surface area contributed by atoms with E-state index in [1.54, 1.807) is 11.3 Å². The minimum Gasteiger partial charge on any atom is -0.320 e. The molecule has 2 rings (SSSR count). The Morgan fingerprint density at radius 1 is 1.19 bits per heavy atom. The summed E-state index contributed by atoms with van der Waals surface area (Å²) in [6, 6.07) is 10.4. The molecule has 3 heteroatoms. The van der Waals surface area contributed by atoms with E-state index >= 15 is 0 Å². The van der Waals surface area contributed by atoms with Crippen LogP contribution >= 0.6 is 27.3 Å². The summed E-state index contributed by atoms with van der Waals surface area (Å²) in [6.07, 6.45) is 0. The van der Waals surface area contributed by atoms with Crippen LogP contribution in [0, 0.1) is 13.8 Å². The smallest absolute Gasteiger partial charge is 0.0731 e. The van der Waals surface area contributed by atoms with Gasteiger partial charge in [0.1, 0.15) is 0 Å². The van der Waals surface area contributed by atoms with Gasteiger partial charge >= 0.3 is 0 Å². The largest absolute Gasteiger partial charge is 0.320 e. The summed E-state index contributed by atoms with van der Waals surface area (Å²) >= 11 is 5.26. The van der Waals surface area contributed by atoms with Gasteiger partial charge in [0, 0.05) is 4.88 Å². The van der Waals surface area contributed by atoms with E-state index in [2.05, 4.69) is 48.0 Å². The zero-order valence-corrected chi connectivity index (χ0v) is 11.7. The first kappa shape index (κ1) is 11.8. The first-order valence-corrected chi connectivity index (χ1v) is 6.77. The summed E-state index contributed by atoms with van der Waals surface area (Å²) in [5.41, 5.74) is 9.99. The molecule has 16 heavy (non-hydrogen) atoms. The Bertz CT molecular complexity index is 485. The molecule has 1 aromatic carbocycles. The van der Waals surface area contributed by atoms with E-state index in [4.69, 9.17) is 5.73 Å². The van der Waals surface area contributed by atoms with Crippen molar-refractivity contribution in [2.45, 2.75) is 19.9 Å². The van der Waals surface area contributed by atoms with Crippen molar-refractivity contribution >= 4 is 27.3 Å². The lowest BCUT2D eigenvalue weighted by molar-refractivity contribution is 0.882. The average Bonchev–Trinajstić information content (AvgIpc) is 2.59. The lowest BCUT2D eigenvalue weighted by Gasteiger charge is -2.12. The lowest BCUT2D eigenvalue weighted by Crippen LogP contribution is -2.11. The number of benzene rings is 1. The average molecular weight is 296 g/mol. The molecule has 0 spiro atoms. The van der Waals surface area contributed by atoms with Gasteiger partial charge < -0.3 is 5.73 Å². The summed E-state index contributed by atoms with van der Waals surface area (Å²) in [5, 5.41) is 0. The number of rotatable bonds is 2. The highest BCUT2D eigenvalue weighted by molar-refractivity contribution is 9.11. The second-order valence-corrected chi connectivity index (χ2v) is 6.34. The van der Waals surface area contributed by atoms with E-state index in [0.717, 1.165) is 0 Å². The van der Waals surface area contributed by atoms with Crippen LogP contribution in [0.3, 0.4) is 0 Å². The van der Waals surface area contributed by atoms with Gasteiger partial charge in [0.25, 0.3) is 0 Å². The minimum absolute atomic E-state index is 0.0174. The molecule has 0 bridgehead atoms. The third kappa shape index (κ3) is 2.21. The summed E-state index contributed by atoms with van der Waals surface area (Å²) in [5.74, 6) is 0. The van der Waals surface area contributed by atoms with E-state index in [9.17, 15) is 0 Å². The van der Waals surface area contributed by atoms with Gasteiger partial charge in [0.15, 0.2) is 0 Å². The maximum Gasteiger partial charge on any atom is 0.0731 e. The molecule has 0 aliphatic carbocycles. The van der Waals surface area contributed by atoms with Gasteiger partial charge in [0.05, 0.1) is 9.83 Å². The van der Waals surface area contributed by atoms with Crippen molar-refractivity contribution in [3.8, 4) is 0 Å². The Morgan fingerprint density at radius 2 is 1.88 bits per heavy atom. The molecule has 0 aliphatic heterocycles. The topological polar surface area (TPSA) is 26.0 Å². The zero-order chi connectivity index (χ0) is 11.7. The fourth-order valence-corrected chi connectivity index (χ4v) is 3.32. The fourth-order valence-electron chi connectivity index (χ4n) is 1.73. The highest BCUT2D eigenvalue weighted by Crippen LogP contribution is 2.33. The molecule has 0 amide bonds. The van der Waals surface area contributed by atoms with Crippen molar-refractivity contribution in [1.82, 2.24) is 0 Å². The molecule has 0 saturated heterocycles. The van der Waals surface area contributed by atoms with Crippen LogP contribution in [0.1, 0.15) is 27.6 Å². The normalized spacial score (nSPS) is 12.8. The van der Waals surface area contributed by atoms with Crippen LogP contribution < -0.4 is 5.73 Å². The van der Waals surface area contributed by atoms with Crippen LogP contribution in [-0.2, 0) is 0 Å². The summed E-state index contributed by atoms with van der Waals surface area (Å²) in [7, 11) is 0. The molecule has 1 heterocycles. The quantitative estimate of drug-likeness (QED) is 0.884. The number of aryl methyl sites for hydroxylation is 2. The second-order valence-electron chi connectivity index (χ2n) is 3.94. The molecule has 0 aliphatic rings. The Hall–Kier alpha value is -0.640. The predicted octanol–water partition coefficient (Wildman–Crippen LogP) is 4.18. The van der Waals surface area contributed by atoms with E-state index in [1.807, 2.05) is 12.1 Å². The van der Waals surface area contributed by atoms with E-state index < -0.39 is 0 Å². The summed E-state index contributed by atoms with van der Waals surface area (Å²) in [4.78, 5) is 1.21. The van der Waals surface area contributed by atoms with Gasteiger partial charge in [-0.3, -0.25) is 0 Å². The first-order chi connectivity index (χ1) is 7.59. The Balaban J connectivity index is 2.39. The van der Waals surface area contributed by atoms with Crippen molar-refractivity contribution in [3.63, 3.8) is 0 Å². The number of thiophene rings is 1. The zero-order valence-electron chi connectivity index (χ0n) is 9.33. The van der Waals surface area contributed by atoms with Crippen molar-refractivity contribution < 1.29 is 0 Å². The van der Waals surface area contributed by atoms with Gasteiger partial charge in [-0.2, -0.15) is 0 Å². The van der Waals surface area contributed by atoms with Gasteiger partial charge in [-0.25, -0.2) is 0 Å². The second kappa shape index (κ2) is 4.70. The van der Waals surface area contributed by atoms with Crippen LogP contribution in [0.4, 0.5) is 0 Å². The third-order valence-electron chi connectivity index (χ3n) is 2.71. The SMILES string of the molecule is Cc1ccccc1C(N)c1cc(C)c(Br)s1. The molecule has 1 nitrogen and oxygen atoms in total. The van der Waals surface area contributed by atoms with Crippen molar-refractivity contribution in [2.24, 2.45) is 5.73 Å². The highest BCUT2D eigenvalue weighted by Gasteiger charge is 2.14.